The van der Waals surface area contributed by atoms with E-state index < -0.39 is 11.7 Å². The van der Waals surface area contributed by atoms with Crippen LogP contribution in [-0.2, 0) is 6.54 Å². The van der Waals surface area contributed by atoms with E-state index >= 15 is 0 Å². The van der Waals surface area contributed by atoms with Crippen molar-refractivity contribution in [3.05, 3.63) is 124 Å². The van der Waals surface area contributed by atoms with Gasteiger partial charge < -0.3 is 15.8 Å². The van der Waals surface area contributed by atoms with Crippen molar-refractivity contribution in [3.63, 3.8) is 0 Å². The normalized spacial score (nSPS) is 11.7. The molecule has 0 aliphatic rings. The van der Waals surface area contributed by atoms with Crippen molar-refractivity contribution in [1.82, 2.24) is 5.32 Å². The molecule has 0 spiro atoms. The van der Waals surface area contributed by atoms with E-state index in [4.69, 9.17) is 22.1 Å². The molecule has 35 heavy (non-hydrogen) atoms. The Morgan fingerprint density at radius 3 is 2.40 bits per heavy atom. The molecule has 0 aliphatic carbocycles. The van der Waals surface area contributed by atoms with Gasteiger partial charge in [-0.3, -0.25) is 4.79 Å². The summed E-state index contributed by atoms with van der Waals surface area (Å²) in [4.78, 5) is 12.0. The lowest BCUT2D eigenvalue weighted by molar-refractivity contribution is 0.100. The lowest BCUT2D eigenvalue weighted by atomic mass is 9.88. The lowest BCUT2D eigenvalue weighted by Gasteiger charge is -2.21. The highest BCUT2D eigenvalue weighted by atomic mass is 35.5. The first kappa shape index (κ1) is 24.5. The van der Waals surface area contributed by atoms with Crippen LogP contribution < -0.4 is 15.8 Å². The molecule has 4 rings (SSSR count). The maximum Gasteiger partial charge on any atom is 0.249 e. The predicted octanol–water partition coefficient (Wildman–Crippen LogP) is 6.18. The number of nitrogens with one attached hydrogen (secondary N) is 1. The number of amides is 1. The van der Waals surface area contributed by atoms with Gasteiger partial charge in [-0.15, -0.1) is 0 Å². The quantitative estimate of drug-likeness (QED) is 0.296. The Balaban J connectivity index is 1.68. The average Bonchev–Trinajstić information content (AvgIpc) is 2.88. The zero-order valence-corrected chi connectivity index (χ0v) is 20.1. The van der Waals surface area contributed by atoms with Gasteiger partial charge >= 0.3 is 0 Å². The molecular weight excluding hydrogens is 463 g/mol. The fourth-order valence-corrected chi connectivity index (χ4v) is 4.38. The van der Waals surface area contributed by atoms with Gasteiger partial charge in [0.05, 0.1) is 7.11 Å². The van der Waals surface area contributed by atoms with Crippen LogP contribution in [0.2, 0.25) is 5.02 Å². The summed E-state index contributed by atoms with van der Waals surface area (Å²) in [5.41, 5.74) is 9.36. The molecule has 1 unspecified atom stereocenters. The van der Waals surface area contributed by atoms with Crippen LogP contribution in [0.4, 0.5) is 4.39 Å². The van der Waals surface area contributed by atoms with E-state index in [1.165, 1.54) is 18.2 Å². The largest absolute Gasteiger partial charge is 0.497 e. The number of primary amides is 1. The van der Waals surface area contributed by atoms with Gasteiger partial charge in [-0.2, -0.15) is 0 Å². The maximum absolute atomic E-state index is 14.9. The molecule has 4 aromatic carbocycles. The molecule has 4 aromatic rings. The van der Waals surface area contributed by atoms with Gasteiger partial charge in [0.25, 0.3) is 0 Å². The number of nitrogens with two attached hydrogens (primary N) is 1. The van der Waals surface area contributed by atoms with Crippen molar-refractivity contribution in [2.75, 3.05) is 13.7 Å². The summed E-state index contributed by atoms with van der Waals surface area (Å²) in [6, 6.07) is 27.8. The molecule has 0 saturated carbocycles. The molecule has 6 heteroatoms. The summed E-state index contributed by atoms with van der Waals surface area (Å²) in [6.07, 6.45) is 0. The first-order valence-electron chi connectivity index (χ1n) is 11.2. The van der Waals surface area contributed by atoms with Gasteiger partial charge in [-0.1, -0.05) is 66.2 Å². The van der Waals surface area contributed by atoms with Crippen LogP contribution in [0.15, 0.2) is 91.0 Å². The molecule has 0 aromatic heterocycles. The average molecular weight is 489 g/mol. The smallest absolute Gasteiger partial charge is 0.249 e. The molecule has 0 saturated heterocycles. The third-order valence-electron chi connectivity index (χ3n) is 5.98. The molecule has 0 bridgehead atoms. The fraction of sp³-hybridized carbons (Fsp3) is 0.138. The van der Waals surface area contributed by atoms with Gasteiger partial charge in [0.15, 0.2) is 0 Å². The molecule has 3 N–H and O–H groups in total. The highest BCUT2D eigenvalue weighted by Gasteiger charge is 2.20. The highest BCUT2D eigenvalue weighted by molar-refractivity contribution is 6.33. The Hall–Kier alpha value is -3.67. The Labute approximate surface area is 209 Å². The van der Waals surface area contributed by atoms with Gasteiger partial charge in [0.2, 0.25) is 5.91 Å². The molecular formula is C29H26ClFN2O2. The van der Waals surface area contributed by atoms with Crippen LogP contribution in [-0.4, -0.2) is 19.6 Å². The van der Waals surface area contributed by atoms with E-state index in [0.29, 0.717) is 23.7 Å². The second-order valence-corrected chi connectivity index (χ2v) is 8.62. The number of rotatable bonds is 9. The number of methoxy groups -OCH3 is 1. The number of benzene rings is 4. The third-order valence-corrected chi connectivity index (χ3v) is 6.31. The van der Waals surface area contributed by atoms with Crippen LogP contribution in [0.25, 0.3) is 11.1 Å². The first-order valence-corrected chi connectivity index (χ1v) is 11.6. The van der Waals surface area contributed by atoms with Gasteiger partial charge in [0.1, 0.15) is 11.6 Å². The molecule has 0 radical (unpaired) electrons. The van der Waals surface area contributed by atoms with Crippen LogP contribution >= 0.6 is 11.6 Å². The number of carbonyl (C=O) groups excluding carboxylic acids is 1. The highest BCUT2D eigenvalue weighted by Crippen LogP contribution is 2.36. The lowest BCUT2D eigenvalue weighted by Crippen LogP contribution is -2.22. The zero-order valence-electron chi connectivity index (χ0n) is 19.3. The number of carbonyl (C=O) groups is 1. The third kappa shape index (κ3) is 5.70. The second kappa shape index (κ2) is 11.2. The van der Waals surface area contributed by atoms with Crippen molar-refractivity contribution in [1.29, 1.82) is 0 Å². The number of hydrogen-bond acceptors (Lipinski definition) is 3. The molecule has 0 heterocycles. The Morgan fingerprint density at radius 1 is 0.971 bits per heavy atom. The molecule has 1 amide bonds. The number of halogens is 2. The van der Waals surface area contributed by atoms with E-state index in [0.717, 1.165) is 22.4 Å². The summed E-state index contributed by atoms with van der Waals surface area (Å²) in [6.45, 7) is 1.31. The van der Waals surface area contributed by atoms with Crippen molar-refractivity contribution >= 4 is 17.5 Å². The fourth-order valence-electron chi connectivity index (χ4n) is 4.17. The van der Waals surface area contributed by atoms with Gasteiger partial charge in [-0.25, -0.2) is 4.39 Å². The van der Waals surface area contributed by atoms with Gasteiger partial charge in [0, 0.05) is 40.7 Å². The van der Waals surface area contributed by atoms with Crippen molar-refractivity contribution in [2.45, 2.75) is 12.5 Å². The minimum atomic E-state index is -0.707. The van der Waals surface area contributed by atoms with Crippen molar-refractivity contribution < 1.29 is 13.9 Å². The standard InChI is InChI=1S/C29H26ClFN2O2/c1-35-22-13-10-19(11-14-22)17-33-18-25(20-6-3-2-4-7-20)21-12-15-26(30)24(16-21)28-23(29(32)34)8-5-9-27(28)31/h2-16,25,33H,17-18H2,1H3,(H2,32,34). The summed E-state index contributed by atoms with van der Waals surface area (Å²) in [5, 5.41) is 3.88. The van der Waals surface area contributed by atoms with Crippen LogP contribution in [0.1, 0.15) is 33.0 Å². The summed E-state index contributed by atoms with van der Waals surface area (Å²) < 4.78 is 20.1. The molecule has 4 nitrogen and oxygen atoms in total. The molecule has 1 atom stereocenters. The summed E-state index contributed by atoms with van der Waals surface area (Å²) in [5.74, 6) is -0.474. The first-order chi connectivity index (χ1) is 17.0. The second-order valence-electron chi connectivity index (χ2n) is 8.21. The predicted molar refractivity (Wildman–Crippen MR) is 138 cm³/mol. The van der Waals surface area contributed by atoms with Crippen molar-refractivity contribution in [3.8, 4) is 16.9 Å². The number of ether oxygens (including phenoxy) is 1. The van der Waals surface area contributed by atoms with E-state index in [1.54, 1.807) is 13.2 Å². The Bertz CT molecular complexity index is 1310. The maximum atomic E-state index is 14.9. The van der Waals surface area contributed by atoms with E-state index in [-0.39, 0.29) is 17.0 Å². The minimum Gasteiger partial charge on any atom is -0.497 e. The number of hydrogen-bond donors (Lipinski definition) is 2. The monoisotopic (exact) mass is 488 g/mol. The minimum absolute atomic E-state index is 0.0331. The molecule has 0 fully saturated rings. The van der Waals surface area contributed by atoms with Crippen LogP contribution in [0, 0.1) is 5.82 Å². The van der Waals surface area contributed by atoms with Gasteiger partial charge in [-0.05, 0) is 53.1 Å². The Morgan fingerprint density at radius 2 is 1.71 bits per heavy atom. The molecule has 0 aliphatic heterocycles. The van der Waals surface area contributed by atoms with E-state index in [9.17, 15) is 9.18 Å². The van der Waals surface area contributed by atoms with E-state index in [2.05, 4.69) is 17.4 Å². The summed E-state index contributed by atoms with van der Waals surface area (Å²) >= 11 is 6.49. The molecule has 178 valence electrons. The zero-order chi connectivity index (χ0) is 24.8. The SMILES string of the molecule is COc1ccc(CNCC(c2ccccc2)c2ccc(Cl)c(-c3c(F)cccc3C(N)=O)c2)cc1. The Kier molecular flexibility index (Phi) is 7.80. The van der Waals surface area contributed by atoms with Crippen LogP contribution in [0.3, 0.4) is 0 Å². The topological polar surface area (TPSA) is 64.3 Å². The van der Waals surface area contributed by atoms with Crippen LogP contribution in [0.5, 0.6) is 5.75 Å². The van der Waals surface area contributed by atoms with Crippen molar-refractivity contribution in [2.24, 2.45) is 5.73 Å². The van der Waals surface area contributed by atoms with E-state index in [1.807, 2.05) is 54.6 Å². The summed E-state index contributed by atoms with van der Waals surface area (Å²) in [7, 11) is 1.64.